The average Bonchev–Trinajstić information content (AvgIpc) is 2.35. The Morgan fingerprint density at radius 1 is 1.37 bits per heavy atom. The van der Waals surface area contributed by atoms with E-state index in [0.29, 0.717) is 0 Å². The molecule has 0 amide bonds. The lowest BCUT2D eigenvalue weighted by atomic mass is 10.1. The van der Waals surface area contributed by atoms with Gasteiger partial charge in [0.05, 0.1) is 17.4 Å². The molecule has 19 heavy (non-hydrogen) atoms. The predicted octanol–water partition coefficient (Wildman–Crippen LogP) is 1.51. The van der Waals surface area contributed by atoms with E-state index in [2.05, 4.69) is 4.72 Å². The Labute approximate surface area is 109 Å². The van der Waals surface area contributed by atoms with Crippen molar-refractivity contribution in [1.82, 2.24) is 4.72 Å². The SMILES string of the molecule is CC(CO)S(=O)(=O)NCc1cccc(C(F)(F)F)c1. The summed E-state index contributed by atoms with van der Waals surface area (Å²) in [6, 6.07) is 4.39. The van der Waals surface area contributed by atoms with Gasteiger partial charge in [0.2, 0.25) is 10.0 Å². The highest BCUT2D eigenvalue weighted by atomic mass is 32.2. The summed E-state index contributed by atoms with van der Waals surface area (Å²) in [4.78, 5) is 0. The maximum absolute atomic E-state index is 12.5. The number of nitrogens with one attached hydrogen (secondary N) is 1. The Morgan fingerprint density at radius 3 is 2.53 bits per heavy atom. The summed E-state index contributed by atoms with van der Waals surface area (Å²) in [6.45, 7) is 0.489. The van der Waals surface area contributed by atoms with Gasteiger partial charge in [-0.2, -0.15) is 13.2 Å². The van der Waals surface area contributed by atoms with Crippen LogP contribution in [0.15, 0.2) is 24.3 Å². The van der Waals surface area contributed by atoms with Crippen LogP contribution in [0.3, 0.4) is 0 Å². The highest BCUT2D eigenvalue weighted by Gasteiger charge is 2.30. The molecule has 4 nitrogen and oxygen atoms in total. The molecule has 1 atom stereocenters. The molecule has 1 aromatic carbocycles. The monoisotopic (exact) mass is 297 g/mol. The molecule has 2 N–H and O–H groups in total. The lowest BCUT2D eigenvalue weighted by Crippen LogP contribution is -2.34. The molecule has 0 aliphatic carbocycles. The van der Waals surface area contributed by atoms with Crippen molar-refractivity contribution < 1.29 is 26.7 Å². The number of hydrogen-bond donors (Lipinski definition) is 2. The van der Waals surface area contributed by atoms with Crippen LogP contribution in [0.4, 0.5) is 13.2 Å². The summed E-state index contributed by atoms with van der Waals surface area (Å²) in [7, 11) is -3.74. The van der Waals surface area contributed by atoms with Crippen LogP contribution in [0.25, 0.3) is 0 Å². The first kappa shape index (κ1) is 15.9. The summed E-state index contributed by atoms with van der Waals surface area (Å²) in [5.41, 5.74) is -0.636. The normalized spacial score (nSPS) is 14.4. The van der Waals surface area contributed by atoms with E-state index in [4.69, 9.17) is 5.11 Å². The lowest BCUT2D eigenvalue weighted by molar-refractivity contribution is -0.137. The molecule has 1 aromatic rings. The zero-order valence-corrected chi connectivity index (χ0v) is 10.9. The van der Waals surface area contributed by atoms with Crippen LogP contribution in [-0.2, 0) is 22.7 Å². The largest absolute Gasteiger partial charge is 0.416 e. The third-order valence-electron chi connectivity index (χ3n) is 2.52. The van der Waals surface area contributed by atoms with Gasteiger partial charge in [-0.25, -0.2) is 13.1 Å². The van der Waals surface area contributed by atoms with Crippen LogP contribution in [0.5, 0.6) is 0 Å². The van der Waals surface area contributed by atoms with Gasteiger partial charge in [0.15, 0.2) is 0 Å². The molecule has 8 heteroatoms. The van der Waals surface area contributed by atoms with Gasteiger partial charge in [0, 0.05) is 6.54 Å². The van der Waals surface area contributed by atoms with Gasteiger partial charge < -0.3 is 5.11 Å². The molecule has 0 aliphatic heterocycles. The fraction of sp³-hybridized carbons (Fsp3) is 0.455. The van der Waals surface area contributed by atoms with Crippen molar-refractivity contribution in [3.05, 3.63) is 35.4 Å². The molecule has 0 bridgehead atoms. The Morgan fingerprint density at radius 2 is 2.00 bits per heavy atom. The van der Waals surface area contributed by atoms with E-state index in [-0.39, 0.29) is 12.1 Å². The maximum atomic E-state index is 12.5. The molecule has 108 valence electrons. The van der Waals surface area contributed by atoms with Crippen LogP contribution < -0.4 is 4.72 Å². The summed E-state index contributed by atoms with van der Waals surface area (Å²) in [6.07, 6.45) is -4.47. The minimum absolute atomic E-state index is 0.198. The second kappa shape index (κ2) is 5.89. The van der Waals surface area contributed by atoms with Crippen molar-refractivity contribution in [3.63, 3.8) is 0 Å². The van der Waals surface area contributed by atoms with Gasteiger partial charge >= 0.3 is 6.18 Å². The number of aliphatic hydroxyl groups excluding tert-OH is 1. The predicted molar refractivity (Wildman–Crippen MR) is 63.8 cm³/mol. The van der Waals surface area contributed by atoms with E-state index < -0.39 is 33.6 Å². The van der Waals surface area contributed by atoms with E-state index in [1.165, 1.54) is 19.1 Å². The minimum Gasteiger partial charge on any atom is -0.395 e. The number of hydrogen-bond acceptors (Lipinski definition) is 3. The highest BCUT2D eigenvalue weighted by Crippen LogP contribution is 2.29. The molecule has 0 heterocycles. The summed E-state index contributed by atoms with van der Waals surface area (Å²) >= 11 is 0. The maximum Gasteiger partial charge on any atom is 0.416 e. The van der Waals surface area contributed by atoms with E-state index in [1.807, 2.05) is 0 Å². The van der Waals surface area contributed by atoms with Crippen LogP contribution in [-0.4, -0.2) is 25.4 Å². The number of rotatable bonds is 5. The fourth-order valence-corrected chi connectivity index (χ4v) is 2.13. The smallest absolute Gasteiger partial charge is 0.395 e. The van der Waals surface area contributed by atoms with E-state index >= 15 is 0 Å². The summed E-state index contributed by atoms with van der Waals surface area (Å²) < 4.78 is 62.6. The van der Waals surface area contributed by atoms with Crippen molar-refractivity contribution in [2.75, 3.05) is 6.61 Å². The summed E-state index contributed by atoms with van der Waals surface area (Å²) in [5, 5.41) is 7.73. The molecular formula is C11H14F3NO3S. The molecular weight excluding hydrogens is 283 g/mol. The molecule has 0 saturated heterocycles. The zero-order chi connectivity index (χ0) is 14.7. The van der Waals surface area contributed by atoms with Crippen molar-refractivity contribution in [2.24, 2.45) is 0 Å². The third-order valence-corrected chi connectivity index (χ3v) is 4.27. The first-order chi connectivity index (χ1) is 8.66. The van der Waals surface area contributed by atoms with Crippen LogP contribution in [0.2, 0.25) is 0 Å². The van der Waals surface area contributed by atoms with Crippen molar-refractivity contribution >= 4 is 10.0 Å². The zero-order valence-electron chi connectivity index (χ0n) is 10.1. The van der Waals surface area contributed by atoms with E-state index in [1.54, 1.807) is 0 Å². The van der Waals surface area contributed by atoms with Gasteiger partial charge in [-0.3, -0.25) is 0 Å². The summed E-state index contributed by atoms with van der Waals surface area (Å²) in [5.74, 6) is 0. The van der Waals surface area contributed by atoms with Gasteiger partial charge in [-0.15, -0.1) is 0 Å². The Bertz CT molecular complexity index is 528. The van der Waals surface area contributed by atoms with Crippen LogP contribution >= 0.6 is 0 Å². The van der Waals surface area contributed by atoms with Crippen molar-refractivity contribution in [3.8, 4) is 0 Å². The van der Waals surface area contributed by atoms with E-state index in [0.717, 1.165) is 12.1 Å². The fourth-order valence-electron chi connectivity index (χ4n) is 1.28. The lowest BCUT2D eigenvalue weighted by Gasteiger charge is -2.12. The van der Waals surface area contributed by atoms with Gasteiger partial charge in [-0.1, -0.05) is 18.2 Å². The minimum atomic E-state index is -4.47. The van der Waals surface area contributed by atoms with Crippen LogP contribution in [0, 0.1) is 0 Å². The average molecular weight is 297 g/mol. The quantitative estimate of drug-likeness (QED) is 0.865. The number of halogens is 3. The Balaban J connectivity index is 2.80. The standard InChI is InChI=1S/C11H14F3NO3S/c1-8(7-16)19(17,18)15-6-9-3-2-4-10(5-9)11(12,13)14/h2-5,8,15-16H,6-7H2,1H3. The molecule has 0 aromatic heterocycles. The molecule has 0 aliphatic rings. The number of sulfonamides is 1. The van der Waals surface area contributed by atoms with Gasteiger partial charge in [0.25, 0.3) is 0 Å². The van der Waals surface area contributed by atoms with Crippen molar-refractivity contribution in [1.29, 1.82) is 0 Å². The Hall–Kier alpha value is -1.12. The van der Waals surface area contributed by atoms with Crippen molar-refractivity contribution in [2.45, 2.75) is 24.9 Å². The second-order valence-electron chi connectivity index (χ2n) is 4.06. The number of benzene rings is 1. The molecule has 0 fully saturated rings. The van der Waals surface area contributed by atoms with Gasteiger partial charge in [-0.05, 0) is 18.6 Å². The first-order valence-corrected chi connectivity index (χ1v) is 6.97. The topological polar surface area (TPSA) is 66.4 Å². The molecule has 1 rings (SSSR count). The highest BCUT2D eigenvalue weighted by molar-refractivity contribution is 7.90. The number of aliphatic hydroxyl groups is 1. The second-order valence-corrected chi connectivity index (χ2v) is 6.24. The Kier molecular flexibility index (Phi) is 4.94. The first-order valence-electron chi connectivity index (χ1n) is 5.42. The molecule has 0 saturated carbocycles. The number of alkyl halides is 3. The van der Waals surface area contributed by atoms with Crippen LogP contribution in [0.1, 0.15) is 18.1 Å². The molecule has 0 spiro atoms. The van der Waals surface area contributed by atoms with E-state index in [9.17, 15) is 21.6 Å². The third kappa shape index (κ3) is 4.48. The van der Waals surface area contributed by atoms with Gasteiger partial charge in [0.1, 0.15) is 0 Å². The molecule has 1 unspecified atom stereocenters. The molecule has 0 radical (unpaired) electrons.